The van der Waals surface area contributed by atoms with Crippen LogP contribution in [0.15, 0.2) is 40.6 Å². The third-order valence-electron chi connectivity index (χ3n) is 2.04. The highest BCUT2D eigenvalue weighted by Crippen LogP contribution is 2.23. The lowest BCUT2D eigenvalue weighted by molar-refractivity contribution is 0.570. The number of hydrogen-bond donors (Lipinski definition) is 0. The van der Waals surface area contributed by atoms with Crippen LogP contribution in [0, 0.1) is 11.3 Å². The van der Waals surface area contributed by atoms with Gasteiger partial charge in [0.15, 0.2) is 10.9 Å². The fraction of sp³-hybridized carbons (Fsp3) is 0.182. The van der Waals surface area contributed by atoms with Crippen molar-refractivity contribution >= 4 is 11.8 Å². The van der Waals surface area contributed by atoms with Gasteiger partial charge in [0.05, 0.1) is 18.1 Å². The molecule has 2 aromatic rings. The van der Waals surface area contributed by atoms with E-state index in [-0.39, 0.29) is 0 Å². The third-order valence-corrected chi connectivity index (χ3v) is 2.87. The second kappa shape index (κ2) is 5.37. The molecule has 0 fully saturated rings. The molecule has 0 saturated heterocycles. The number of nitriles is 1. The van der Waals surface area contributed by atoms with Crippen LogP contribution < -0.4 is 0 Å². The minimum Gasteiger partial charge on any atom is -0.461 e. The molecule has 0 aromatic carbocycles. The summed E-state index contributed by atoms with van der Waals surface area (Å²) in [5.41, 5.74) is 0. The summed E-state index contributed by atoms with van der Waals surface area (Å²) in [7, 11) is 0. The minimum atomic E-state index is 0.341. The summed E-state index contributed by atoms with van der Waals surface area (Å²) >= 11 is 1.34. The van der Waals surface area contributed by atoms with E-state index >= 15 is 0 Å². The lowest BCUT2D eigenvalue weighted by Gasteiger charge is -2.04. The Balaban J connectivity index is 2.36. The van der Waals surface area contributed by atoms with Gasteiger partial charge in [0.2, 0.25) is 5.82 Å². The average molecular weight is 246 g/mol. The number of furan rings is 1. The average Bonchev–Trinajstić information content (AvgIpc) is 2.96. The maximum atomic E-state index is 8.57. The van der Waals surface area contributed by atoms with Crippen LogP contribution in [-0.2, 0) is 6.54 Å². The zero-order valence-electron chi connectivity index (χ0n) is 9.04. The van der Waals surface area contributed by atoms with Crippen molar-refractivity contribution in [3.63, 3.8) is 0 Å². The molecule has 0 aliphatic heterocycles. The molecule has 0 aliphatic carbocycles. The van der Waals surface area contributed by atoms with E-state index in [0.29, 0.717) is 29.0 Å². The van der Waals surface area contributed by atoms with E-state index in [2.05, 4.69) is 22.8 Å². The first-order valence-corrected chi connectivity index (χ1v) is 5.93. The topological polar surface area (TPSA) is 67.6 Å². The molecular formula is C11H10N4OS. The molecule has 0 spiro atoms. The van der Waals surface area contributed by atoms with Crippen LogP contribution in [0.5, 0.6) is 0 Å². The lowest BCUT2D eigenvalue weighted by atomic mass is 10.4. The number of aromatic nitrogens is 3. The first kappa shape index (κ1) is 11.5. The maximum absolute atomic E-state index is 8.57. The van der Waals surface area contributed by atoms with Gasteiger partial charge >= 0.3 is 0 Å². The number of rotatable bonds is 5. The van der Waals surface area contributed by atoms with Crippen LogP contribution in [0.25, 0.3) is 11.6 Å². The molecule has 0 radical (unpaired) electrons. The normalized spacial score (nSPS) is 10.1. The second-order valence-electron chi connectivity index (χ2n) is 3.13. The highest BCUT2D eigenvalue weighted by molar-refractivity contribution is 7.99. The van der Waals surface area contributed by atoms with Crippen LogP contribution in [0.1, 0.15) is 0 Å². The molecule has 0 atom stereocenters. The quantitative estimate of drug-likeness (QED) is 0.598. The smallest absolute Gasteiger partial charge is 0.200 e. The minimum absolute atomic E-state index is 0.341. The summed E-state index contributed by atoms with van der Waals surface area (Å²) in [5.74, 6) is 1.64. The molecular weight excluding hydrogens is 236 g/mol. The SMILES string of the molecule is C=CCn1c(SCC#N)nnc1-c1ccco1. The summed E-state index contributed by atoms with van der Waals surface area (Å²) in [5, 5.41) is 17.4. The highest BCUT2D eigenvalue weighted by Gasteiger charge is 2.14. The Morgan fingerprint density at radius 3 is 3.12 bits per heavy atom. The summed E-state index contributed by atoms with van der Waals surface area (Å²) in [6, 6.07) is 5.68. The maximum Gasteiger partial charge on any atom is 0.200 e. The van der Waals surface area contributed by atoms with Gasteiger partial charge < -0.3 is 4.42 Å². The van der Waals surface area contributed by atoms with Gasteiger partial charge in [0, 0.05) is 6.54 Å². The third kappa shape index (κ3) is 2.40. The van der Waals surface area contributed by atoms with Gasteiger partial charge in [-0.05, 0) is 12.1 Å². The summed E-state index contributed by atoms with van der Waals surface area (Å²) in [4.78, 5) is 0. The van der Waals surface area contributed by atoms with Crippen molar-refractivity contribution < 1.29 is 4.42 Å². The van der Waals surface area contributed by atoms with Crippen LogP contribution in [0.4, 0.5) is 0 Å². The summed E-state index contributed by atoms with van der Waals surface area (Å²) in [6.07, 6.45) is 3.34. The standard InChI is InChI=1S/C11H10N4OS/c1-2-6-15-10(9-4-3-7-16-9)13-14-11(15)17-8-5-12/h2-4,7H,1,6,8H2. The predicted octanol–water partition coefficient (Wildman–Crippen LogP) is 2.34. The molecule has 0 saturated carbocycles. The van der Waals surface area contributed by atoms with E-state index in [0.717, 1.165) is 0 Å². The van der Waals surface area contributed by atoms with E-state index in [1.54, 1.807) is 18.4 Å². The first-order chi connectivity index (χ1) is 8.36. The predicted molar refractivity (Wildman–Crippen MR) is 64.3 cm³/mol. The molecule has 2 rings (SSSR count). The van der Waals surface area contributed by atoms with Crippen LogP contribution in [-0.4, -0.2) is 20.5 Å². The van der Waals surface area contributed by atoms with E-state index in [4.69, 9.17) is 9.68 Å². The zero-order valence-corrected chi connectivity index (χ0v) is 9.85. The first-order valence-electron chi connectivity index (χ1n) is 4.94. The Morgan fingerprint density at radius 2 is 2.47 bits per heavy atom. The van der Waals surface area contributed by atoms with E-state index in [1.807, 2.05) is 10.6 Å². The molecule has 5 nitrogen and oxygen atoms in total. The van der Waals surface area contributed by atoms with Crippen molar-refractivity contribution in [2.24, 2.45) is 0 Å². The van der Waals surface area contributed by atoms with Gasteiger partial charge in [-0.25, -0.2) is 0 Å². The monoisotopic (exact) mass is 246 g/mol. The van der Waals surface area contributed by atoms with E-state index in [9.17, 15) is 0 Å². The summed E-state index contributed by atoms with van der Waals surface area (Å²) < 4.78 is 7.16. The number of thioether (sulfide) groups is 1. The summed E-state index contributed by atoms with van der Waals surface area (Å²) in [6.45, 7) is 4.28. The van der Waals surface area contributed by atoms with Crippen molar-refractivity contribution in [3.8, 4) is 17.7 Å². The molecule has 2 heterocycles. The molecule has 6 heteroatoms. The molecule has 0 amide bonds. The fourth-order valence-corrected chi connectivity index (χ4v) is 1.98. The Kier molecular flexibility index (Phi) is 3.62. The largest absolute Gasteiger partial charge is 0.461 e. The Bertz CT molecular complexity index is 538. The molecule has 0 unspecified atom stereocenters. The van der Waals surface area contributed by atoms with E-state index < -0.39 is 0 Å². The number of nitrogens with zero attached hydrogens (tertiary/aromatic N) is 4. The molecule has 0 N–H and O–H groups in total. The van der Waals surface area contributed by atoms with Gasteiger partial charge in [0.1, 0.15) is 0 Å². The van der Waals surface area contributed by atoms with Crippen molar-refractivity contribution in [2.75, 3.05) is 5.75 Å². The van der Waals surface area contributed by atoms with Crippen molar-refractivity contribution in [1.29, 1.82) is 5.26 Å². The van der Waals surface area contributed by atoms with E-state index in [1.165, 1.54) is 11.8 Å². The molecule has 17 heavy (non-hydrogen) atoms. The van der Waals surface area contributed by atoms with Crippen LogP contribution >= 0.6 is 11.8 Å². The van der Waals surface area contributed by atoms with Gasteiger partial charge in [0.25, 0.3) is 0 Å². The Labute approximate surface area is 103 Å². The Morgan fingerprint density at radius 1 is 1.59 bits per heavy atom. The van der Waals surface area contributed by atoms with Gasteiger partial charge in [-0.2, -0.15) is 5.26 Å². The molecule has 2 aromatic heterocycles. The number of allylic oxidation sites excluding steroid dienone is 1. The van der Waals surface area contributed by atoms with Gasteiger partial charge in [-0.3, -0.25) is 4.57 Å². The van der Waals surface area contributed by atoms with Crippen LogP contribution in [0.2, 0.25) is 0 Å². The molecule has 0 bridgehead atoms. The van der Waals surface area contributed by atoms with Crippen molar-refractivity contribution in [1.82, 2.24) is 14.8 Å². The highest BCUT2D eigenvalue weighted by atomic mass is 32.2. The van der Waals surface area contributed by atoms with Crippen LogP contribution in [0.3, 0.4) is 0 Å². The molecule has 0 aliphatic rings. The Hall–Kier alpha value is -2.00. The van der Waals surface area contributed by atoms with Gasteiger partial charge in [-0.1, -0.05) is 17.8 Å². The van der Waals surface area contributed by atoms with Crippen molar-refractivity contribution in [3.05, 3.63) is 31.1 Å². The number of hydrogen-bond acceptors (Lipinski definition) is 5. The van der Waals surface area contributed by atoms with Crippen molar-refractivity contribution in [2.45, 2.75) is 11.7 Å². The zero-order chi connectivity index (χ0) is 12.1. The second-order valence-corrected chi connectivity index (χ2v) is 4.07. The van der Waals surface area contributed by atoms with Gasteiger partial charge in [-0.15, -0.1) is 16.8 Å². The lowest BCUT2D eigenvalue weighted by Crippen LogP contribution is -2.00. The molecule has 86 valence electrons. The fourth-order valence-electron chi connectivity index (χ4n) is 1.37.